The van der Waals surface area contributed by atoms with Crippen LogP contribution in [-0.4, -0.2) is 18.2 Å². The van der Waals surface area contributed by atoms with E-state index in [4.69, 9.17) is 10.5 Å². The van der Waals surface area contributed by atoms with E-state index in [2.05, 4.69) is 53.8 Å². The molecule has 1 unspecified atom stereocenters. The van der Waals surface area contributed by atoms with Crippen molar-refractivity contribution in [2.75, 3.05) is 6.61 Å². The monoisotopic (exact) mass is 387 g/mol. The minimum Gasteiger partial charge on any atom is -0.374 e. The Morgan fingerprint density at radius 3 is 2.30 bits per heavy atom. The quantitative estimate of drug-likeness (QED) is 0.604. The molecule has 0 amide bonds. The van der Waals surface area contributed by atoms with Gasteiger partial charge in [-0.1, -0.05) is 37.8 Å². The highest BCUT2D eigenvalue weighted by Crippen LogP contribution is 2.34. The highest BCUT2D eigenvalue weighted by atomic mass is 127. The first-order chi connectivity index (χ1) is 9.66. The summed E-state index contributed by atoms with van der Waals surface area (Å²) in [5.41, 5.74) is 7.80. The molecule has 1 atom stereocenters. The van der Waals surface area contributed by atoms with Gasteiger partial charge >= 0.3 is 0 Å². The van der Waals surface area contributed by atoms with Crippen molar-refractivity contribution in [2.24, 2.45) is 5.73 Å². The first kappa shape index (κ1) is 16.2. The second-order valence-electron chi connectivity index (χ2n) is 5.85. The van der Waals surface area contributed by atoms with Crippen LogP contribution in [0.15, 0.2) is 24.3 Å². The predicted octanol–water partition coefficient (Wildman–Crippen LogP) is 4.29. The molecule has 1 aliphatic rings. The van der Waals surface area contributed by atoms with Gasteiger partial charge in [0.2, 0.25) is 0 Å². The summed E-state index contributed by atoms with van der Waals surface area (Å²) in [4.78, 5) is 0. The molecule has 1 aromatic carbocycles. The fraction of sp³-hybridized carbons (Fsp3) is 0.647. The topological polar surface area (TPSA) is 35.2 Å². The highest BCUT2D eigenvalue weighted by Gasteiger charge is 2.37. The van der Waals surface area contributed by atoms with Crippen LogP contribution in [0.1, 0.15) is 51.0 Å². The van der Waals surface area contributed by atoms with Gasteiger partial charge in [-0.3, -0.25) is 0 Å². The predicted molar refractivity (Wildman–Crippen MR) is 92.9 cm³/mol. The Balaban J connectivity index is 2.09. The molecule has 1 saturated carbocycles. The van der Waals surface area contributed by atoms with E-state index in [1.165, 1.54) is 34.8 Å². The lowest BCUT2D eigenvalue weighted by Crippen LogP contribution is -2.51. The van der Waals surface area contributed by atoms with Gasteiger partial charge < -0.3 is 10.5 Å². The van der Waals surface area contributed by atoms with Gasteiger partial charge in [-0.25, -0.2) is 0 Å². The molecular weight excluding hydrogens is 361 g/mol. The van der Waals surface area contributed by atoms with Crippen LogP contribution in [0, 0.1) is 3.57 Å². The molecule has 1 aliphatic carbocycles. The zero-order valence-electron chi connectivity index (χ0n) is 12.4. The first-order valence-electron chi connectivity index (χ1n) is 7.80. The maximum atomic E-state index is 6.58. The zero-order valence-corrected chi connectivity index (χ0v) is 14.6. The number of hydrogen-bond donors (Lipinski definition) is 1. The van der Waals surface area contributed by atoms with Crippen LogP contribution < -0.4 is 5.73 Å². The van der Waals surface area contributed by atoms with Crippen molar-refractivity contribution < 1.29 is 4.74 Å². The molecule has 112 valence electrons. The lowest BCUT2D eigenvalue weighted by Gasteiger charge is -2.38. The Labute approximate surface area is 136 Å². The van der Waals surface area contributed by atoms with E-state index in [-0.39, 0.29) is 11.6 Å². The van der Waals surface area contributed by atoms with E-state index in [9.17, 15) is 0 Å². The molecule has 2 rings (SSSR count). The van der Waals surface area contributed by atoms with Crippen LogP contribution >= 0.6 is 22.6 Å². The third-order valence-corrected chi connectivity index (χ3v) is 5.15. The SMILES string of the molecule is CCOC1(C(N)Cc2ccc(I)cc2)CCCCCC1. The van der Waals surface area contributed by atoms with Crippen molar-refractivity contribution in [2.45, 2.75) is 63.5 Å². The van der Waals surface area contributed by atoms with Crippen LogP contribution in [0.4, 0.5) is 0 Å². The minimum absolute atomic E-state index is 0.0978. The maximum Gasteiger partial charge on any atom is 0.0835 e. The molecule has 0 spiro atoms. The Morgan fingerprint density at radius 1 is 1.15 bits per heavy atom. The summed E-state index contributed by atoms with van der Waals surface area (Å²) in [6.45, 7) is 2.85. The van der Waals surface area contributed by atoms with E-state index in [1.54, 1.807) is 0 Å². The van der Waals surface area contributed by atoms with E-state index in [0.29, 0.717) is 0 Å². The average Bonchev–Trinajstić information content (AvgIpc) is 2.68. The maximum absolute atomic E-state index is 6.58. The molecule has 2 N–H and O–H groups in total. The molecule has 0 aromatic heterocycles. The van der Waals surface area contributed by atoms with Crippen LogP contribution in [0.25, 0.3) is 0 Å². The number of rotatable bonds is 5. The number of ether oxygens (including phenoxy) is 1. The first-order valence-corrected chi connectivity index (χ1v) is 8.88. The summed E-state index contributed by atoms with van der Waals surface area (Å²) in [5.74, 6) is 0. The number of benzene rings is 1. The second kappa shape index (κ2) is 7.76. The van der Waals surface area contributed by atoms with Crippen molar-refractivity contribution in [3.05, 3.63) is 33.4 Å². The minimum atomic E-state index is -0.103. The summed E-state index contributed by atoms with van der Waals surface area (Å²) < 4.78 is 7.45. The molecule has 0 saturated heterocycles. The largest absolute Gasteiger partial charge is 0.374 e. The Morgan fingerprint density at radius 2 is 1.75 bits per heavy atom. The van der Waals surface area contributed by atoms with Gasteiger partial charge in [0.05, 0.1) is 5.60 Å². The Kier molecular flexibility index (Phi) is 6.30. The van der Waals surface area contributed by atoms with Crippen molar-refractivity contribution in [3.8, 4) is 0 Å². The Bertz CT molecular complexity index is 396. The van der Waals surface area contributed by atoms with Gasteiger partial charge in [0.15, 0.2) is 0 Å². The van der Waals surface area contributed by atoms with Gasteiger partial charge in [0.1, 0.15) is 0 Å². The van der Waals surface area contributed by atoms with E-state index in [1.807, 2.05) is 0 Å². The van der Waals surface area contributed by atoms with E-state index >= 15 is 0 Å². The molecule has 20 heavy (non-hydrogen) atoms. The van der Waals surface area contributed by atoms with Crippen LogP contribution in [0.2, 0.25) is 0 Å². The molecule has 0 bridgehead atoms. The number of hydrogen-bond acceptors (Lipinski definition) is 2. The van der Waals surface area contributed by atoms with Gasteiger partial charge in [0, 0.05) is 16.2 Å². The second-order valence-corrected chi connectivity index (χ2v) is 7.09. The third-order valence-electron chi connectivity index (χ3n) is 4.43. The zero-order chi connectivity index (χ0) is 14.4. The lowest BCUT2D eigenvalue weighted by molar-refractivity contribution is -0.0683. The molecule has 2 nitrogen and oxygen atoms in total. The van der Waals surface area contributed by atoms with Crippen molar-refractivity contribution >= 4 is 22.6 Å². The van der Waals surface area contributed by atoms with E-state index in [0.717, 1.165) is 25.9 Å². The van der Waals surface area contributed by atoms with Gasteiger partial charge in [-0.05, 0) is 66.5 Å². The smallest absolute Gasteiger partial charge is 0.0835 e. The van der Waals surface area contributed by atoms with Crippen LogP contribution in [0.3, 0.4) is 0 Å². The summed E-state index contributed by atoms with van der Waals surface area (Å²) in [6, 6.07) is 8.79. The van der Waals surface area contributed by atoms with Crippen molar-refractivity contribution in [3.63, 3.8) is 0 Å². The van der Waals surface area contributed by atoms with E-state index < -0.39 is 0 Å². The van der Waals surface area contributed by atoms with Crippen LogP contribution in [0.5, 0.6) is 0 Å². The molecule has 0 radical (unpaired) electrons. The molecule has 1 fully saturated rings. The van der Waals surface area contributed by atoms with Gasteiger partial charge in [-0.15, -0.1) is 0 Å². The molecule has 0 heterocycles. The lowest BCUT2D eigenvalue weighted by atomic mass is 9.83. The number of halogens is 1. The molecular formula is C17H26INO. The van der Waals surface area contributed by atoms with Crippen molar-refractivity contribution in [1.29, 1.82) is 0 Å². The van der Waals surface area contributed by atoms with Crippen molar-refractivity contribution in [1.82, 2.24) is 0 Å². The molecule has 1 aromatic rings. The Hall–Kier alpha value is -0.130. The van der Waals surface area contributed by atoms with Crippen LogP contribution in [-0.2, 0) is 11.2 Å². The average molecular weight is 387 g/mol. The standard InChI is InChI=1S/C17H26INO/c1-2-20-17(11-5-3-4-6-12-17)16(19)13-14-7-9-15(18)10-8-14/h7-10,16H,2-6,11-13,19H2,1H3. The molecule has 0 aliphatic heterocycles. The van der Waals surface area contributed by atoms with Gasteiger partial charge in [-0.2, -0.15) is 0 Å². The fourth-order valence-corrected chi connectivity index (χ4v) is 3.66. The third kappa shape index (κ3) is 4.18. The summed E-state index contributed by atoms with van der Waals surface area (Å²) in [5, 5.41) is 0. The fourth-order valence-electron chi connectivity index (χ4n) is 3.30. The summed E-state index contributed by atoms with van der Waals surface area (Å²) in [7, 11) is 0. The van der Waals surface area contributed by atoms with Gasteiger partial charge in [0.25, 0.3) is 0 Å². The summed E-state index contributed by atoms with van der Waals surface area (Å²) in [6.07, 6.45) is 8.30. The number of nitrogens with two attached hydrogens (primary N) is 1. The molecule has 3 heteroatoms. The summed E-state index contributed by atoms with van der Waals surface area (Å²) >= 11 is 2.34. The highest BCUT2D eigenvalue weighted by molar-refractivity contribution is 14.1. The normalized spacial score (nSPS) is 20.4.